The highest BCUT2D eigenvalue weighted by molar-refractivity contribution is 7.53. The maximum absolute atomic E-state index is 12.3. The number of anilines is 1. The summed E-state index contributed by atoms with van der Waals surface area (Å²) in [5.41, 5.74) is 3.75. The Morgan fingerprint density at radius 1 is 1.10 bits per heavy atom. The van der Waals surface area contributed by atoms with E-state index in [4.69, 9.17) is 0 Å². The third-order valence-corrected chi connectivity index (χ3v) is 6.73. The zero-order valence-corrected chi connectivity index (χ0v) is 17.9. The van der Waals surface area contributed by atoms with Crippen LogP contribution in [0, 0.1) is 0 Å². The van der Waals surface area contributed by atoms with Gasteiger partial charge in [-0.25, -0.2) is 0 Å². The Kier molecular flexibility index (Phi) is 6.08. The van der Waals surface area contributed by atoms with Crippen molar-refractivity contribution in [3.8, 4) is 11.3 Å². The monoisotopic (exact) mass is 425 g/mol. The summed E-state index contributed by atoms with van der Waals surface area (Å²) < 4.78 is 13.4. The van der Waals surface area contributed by atoms with Gasteiger partial charge in [0.1, 0.15) is 0 Å². The van der Waals surface area contributed by atoms with Crippen LogP contribution in [0.3, 0.4) is 0 Å². The molecule has 0 bridgehead atoms. The van der Waals surface area contributed by atoms with Crippen molar-refractivity contribution in [2.45, 2.75) is 19.0 Å². The number of aryl methyl sites for hydroxylation is 1. The number of amides is 1. The van der Waals surface area contributed by atoms with Gasteiger partial charge in [0, 0.05) is 29.9 Å². The maximum Gasteiger partial charge on any atom is 0.335 e. The second kappa shape index (κ2) is 8.40. The Balaban J connectivity index is 1.73. The third kappa shape index (κ3) is 4.60. The molecular weight excluding hydrogens is 401 g/mol. The zero-order valence-electron chi connectivity index (χ0n) is 17.0. The summed E-state index contributed by atoms with van der Waals surface area (Å²) in [4.78, 5) is 31.4. The highest BCUT2D eigenvalue weighted by Gasteiger charge is 2.39. The van der Waals surface area contributed by atoms with Crippen LogP contribution in [0.25, 0.3) is 17.3 Å². The minimum atomic E-state index is -4.31. The first-order valence-corrected chi connectivity index (χ1v) is 10.9. The number of carbonyl (C=O) groups is 1. The molecule has 30 heavy (non-hydrogen) atoms. The van der Waals surface area contributed by atoms with Gasteiger partial charge in [-0.3, -0.25) is 14.0 Å². The molecule has 1 heterocycles. The first-order valence-electron chi connectivity index (χ1n) is 9.32. The molecule has 0 aliphatic heterocycles. The summed E-state index contributed by atoms with van der Waals surface area (Å²) in [6.07, 6.45) is 4.83. The number of rotatable bonds is 6. The molecule has 0 saturated heterocycles. The minimum Gasteiger partial charge on any atom is -0.324 e. The van der Waals surface area contributed by atoms with Gasteiger partial charge >= 0.3 is 7.60 Å². The fourth-order valence-electron chi connectivity index (χ4n) is 3.01. The Bertz CT molecular complexity index is 1110. The van der Waals surface area contributed by atoms with Crippen LogP contribution >= 0.6 is 7.60 Å². The number of nitrogens with zero attached hydrogens (tertiary/aromatic N) is 2. The maximum atomic E-state index is 12.3. The van der Waals surface area contributed by atoms with Crippen molar-refractivity contribution in [3.63, 3.8) is 0 Å². The highest BCUT2D eigenvalue weighted by Crippen LogP contribution is 2.56. The van der Waals surface area contributed by atoms with Crippen LogP contribution in [0.4, 0.5) is 5.69 Å². The highest BCUT2D eigenvalue weighted by atomic mass is 31.2. The fraction of sp³-hybridized carbons (Fsp3) is 0.182. The number of hydrogen-bond acceptors (Lipinski definition) is 3. The van der Waals surface area contributed by atoms with Crippen molar-refractivity contribution in [1.82, 2.24) is 9.78 Å². The zero-order chi connectivity index (χ0) is 21.9. The molecule has 0 spiro atoms. The Labute approximate surface area is 175 Å². The number of carbonyl (C=O) groups excluding carboxylic acids is 1. The summed E-state index contributed by atoms with van der Waals surface area (Å²) in [6, 6.07) is 16.2. The van der Waals surface area contributed by atoms with Crippen LogP contribution in [0.2, 0.25) is 0 Å². The van der Waals surface area contributed by atoms with Crippen LogP contribution in [-0.2, 0) is 21.6 Å². The second-order valence-electron chi connectivity index (χ2n) is 7.44. The Morgan fingerprint density at radius 3 is 2.33 bits per heavy atom. The molecule has 0 saturated carbocycles. The molecule has 3 N–H and O–H groups in total. The summed E-state index contributed by atoms with van der Waals surface area (Å²) in [6.45, 7) is 2.98. The molecule has 0 fully saturated rings. The molecule has 0 atom stereocenters. The molecule has 1 amide bonds. The number of aromatic nitrogens is 2. The third-order valence-electron chi connectivity index (χ3n) is 5.02. The lowest BCUT2D eigenvalue weighted by atomic mass is 10.0. The van der Waals surface area contributed by atoms with E-state index >= 15 is 0 Å². The average Bonchev–Trinajstić information content (AvgIpc) is 3.07. The molecule has 7 nitrogen and oxygen atoms in total. The molecule has 2 aromatic carbocycles. The predicted octanol–water partition coefficient (Wildman–Crippen LogP) is 4.15. The van der Waals surface area contributed by atoms with Crippen LogP contribution in [-0.4, -0.2) is 25.5 Å². The normalized spacial score (nSPS) is 12.3. The lowest BCUT2D eigenvalue weighted by molar-refractivity contribution is -0.111. The van der Waals surface area contributed by atoms with Crippen molar-refractivity contribution in [2.75, 3.05) is 5.32 Å². The van der Waals surface area contributed by atoms with Crippen molar-refractivity contribution < 1.29 is 19.1 Å². The van der Waals surface area contributed by atoms with E-state index in [2.05, 4.69) is 10.4 Å². The van der Waals surface area contributed by atoms with Gasteiger partial charge in [-0.1, -0.05) is 42.5 Å². The molecule has 3 aromatic rings. The number of hydrogen-bond donors (Lipinski definition) is 3. The lowest BCUT2D eigenvalue weighted by Gasteiger charge is -2.26. The quantitative estimate of drug-likeness (QED) is 0.407. The first kappa shape index (κ1) is 21.7. The van der Waals surface area contributed by atoms with Gasteiger partial charge in [-0.15, -0.1) is 0 Å². The summed E-state index contributed by atoms with van der Waals surface area (Å²) in [5.74, 6) is -0.320. The predicted molar refractivity (Wildman–Crippen MR) is 118 cm³/mol. The van der Waals surface area contributed by atoms with Gasteiger partial charge in [-0.2, -0.15) is 5.10 Å². The van der Waals surface area contributed by atoms with E-state index < -0.39 is 12.8 Å². The molecule has 156 valence electrons. The number of benzene rings is 2. The standard InChI is InChI=1S/C22H24N3O4P/c1-22(2,30(27,28)29)18-10-12-19(13-11-18)24-20(26)14-9-17-15-23-25(3)21(17)16-7-5-4-6-8-16/h4-15H,1-3H3,(H,24,26)(H2,27,28,29). The largest absolute Gasteiger partial charge is 0.335 e. The van der Waals surface area contributed by atoms with E-state index in [9.17, 15) is 19.1 Å². The fourth-order valence-corrected chi connectivity index (χ4v) is 3.49. The van der Waals surface area contributed by atoms with Crippen molar-refractivity contribution in [2.24, 2.45) is 7.05 Å². The van der Waals surface area contributed by atoms with Gasteiger partial charge < -0.3 is 15.1 Å². The van der Waals surface area contributed by atoms with Crippen molar-refractivity contribution in [1.29, 1.82) is 0 Å². The molecule has 0 aliphatic carbocycles. The van der Waals surface area contributed by atoms with E-state index in [0.29, 0.717) is 11.3 Å². The molecular formula is C22H24N3O4P. The van der Waals surface area contributed by atoms with Crippen LogP contribution in [0.15, 0.2) is 66.9 Å². The minimum absolute atomic E-state index is 0.320. The van der Waals surface area contributed by atoms with E-state index in [1.54, 1.807) is 41.2 Å². The Hall–Kier alpha value is -2.99. The average molecular weight is 425 g/mol. The second-order valence-corrected chi connectivity index (χ2v) is 9.65. The Morgan fingerprint density at radius 2 is 1.73 bits per heavy atom. The summed E-state index contributed by atoms with van der Waals surface area (Å²) >= 11 is 0. The molecule has 1 aromatic heterocycles. The van der Waals surface area contributed by atoms with Gasteiger partial charge in [0.25, 0.3) is 0 Å². The SMILES string of the molecule is Cn1ncc(C=CC(=O)Nc2ccc(C(C)(C)P(=O)(O)O)cc2)c1-c1ccccc1. The van der Waals surface area contributed by atoms with Crippen LogP contribution < -0.4 is 5.32 Å². The topological polar surface area (TPSA) is 104 Å². The van der Waals surface area contributed by atoms with Gasteiger partial charge in [-0.05, 0) is 37.6 Å². The van der Waals surface area contributed by atoms with Crippen molar-refractivity contribution in [3.05, 3.63) is 78.0 Å². The van der Waals surface area contributed by atoms with Gasteiger partial charge in [0.15, 0.2) is 0 Å². The smallest absolute Gasteiger partial charge is 0.324 e. The number of nitrogens with one attached hydrogen (secondary N) is 1. The summed E-state index contributed by atoms with van der Waals surface area (Å²) in [5, 5.41) is 5.72. The first-order chi connectivity index (χ1) is 14.1. The van der Waals surface area contributed by atoms with Crippen LogP contribution in [0.1, 0.15) is 25.0 Å². The van der Waals surface area contributed by atoms with Gasteiger partial charge in [0.2, 0.25) is 5.91 Å². The summed E-state index contributed by atoms with van der Waals surface area (Å²) in [7, 11) is -2.46. The molecule has 0 aliphatic rings. The molecule has 3 rings (SSSR count). The van der Waals surface area contributed by atoms with Crippen LogP contribution in [0.5, 0.6) is 0 Å². The van der Waals surface area contributed by atoms with Gasteiger partial charge in [0.05, 0.1) is 17.0 Å². The molecule has 0 unspecified atom stereocenters. The van der Waals surface area contributed by atoms with Crippen molar-refractivity contribution >= 4 is 25.3 Å². The van der Waals surface area contributed by atoms with E-state index in [1.807, 2.05) is 37.4 Å². The van der Waals surface area contributed by atoms with E-state index in [-0.39, 0.29) is 5.91 Å². The van der Waals surface area contributed by atoms with E-state index in [1.165, 1.54) is 19.9 Å². The molecule has 0 radical (unpaired) electrons. The van der Waals surface area contributed by atoms with E-state index in [0.717, 1.165) is 16.8 Å². The molecule has 8 heteroatoms. The lowest BCUT2D eigenvalue weighted by Crippen LogP contribution is -2.17.